The van der Waals surface area contributed by atoms with E-state index < -0.39 is 5.15 Å². The van der Waals surface area contributed by atoms with E-state index in [-0.39, 0.29) is 29.6 Å². The summed E-state index contributed by atoms with van der Waals surface area (Å²) in [6.45, 7) is 6.62. The molecule has 2 aliphatic heterocycles. The molecule has 7 nitrogen and oxygen atoms in total. The molecule has 0 radical (unpaired) electrons. The summed E-state index contributed by atoms with van der Waals surface area (Å²) in [5.41, 5.74) is 3.01. The second kappa shape index (κ2) is 11.0. The van der Waals surface area contributed by atoms with Gasteiger partial charge in [-0.1, -0.05) is 36.7 Å². The fourth-order valence-electron chi connectivity index (χ4n) is 4.98. The molecule has 10 heteroatoms. The third kappa shape index (κ3) is 6.11. The van der Waals surface area contributed by atoms with Gasteiger partial charge >= 0.3 is 0 Å². The van der Waals surface area contributed by atoms with Crippen LogP contribution in [0.3, 0.4) is 0 Å². The van der Waals surface area contributed by atoms with Gasteiger partial charge in [0.15, 0.2) is 5.15 Å². The van der Waals surface area contributed by atoms with E-state index in [1.165, 1.54) is 0 Å². The lowest BCUT2D eigenvalue weighted by molar-refractivity contribution is 0.0685. The summed E-state index contributed by atoms with van der Waals surface area (Å²) >= 11 is 0. The highest BCUT2D eigenvalue weighted by Gasteiger charge is 2.26. The van der Waals surface area contributed by atoms with E-state index >= 15 is 0 Å². The van der Waals surface area contributed by atoms with Crippen LogP contribution in [0.2, 0.25) is 0 Å². The van der Waals surface area contributed by atoms with Crippen molar-refractivity contribution in [2.24, 2.45) is 0 Å². The number of anilines is 1. The van der Waals surface area contributed by atoms with Crippen molar-refractivity contribution in [2.45, 2.75) is 56.4 Å². The van der Waals surface area contributed by atoms with Crippen LogP contribution in [-0.4, -0.2) is 42.8 Å². The minimum atomic E-state index is -1.64. The molecular formula is C25H35FN4O3P2. The number of hydrogen-bond donors (Lipinski definition) is 3. The highest BCUT2D eigenvalue weighted by molar-refractivity contribution is 7.38. The van der Waals surface area contributed by atoms with Gasteiger partial charge in [-0.05, 0) is 56.3 Å². The number of benzene rings is 1. The molecule has 4 atom stereocenters. The molecule has 3 unspecified atom stereocenters. The Balaban J connectivity index is 1.64. The fourth-order valence-corrected chi connectivity index (χ4v) is 5.61. The largest absolute Gasteiger partial charge is 0.381 e. The minimum absolute atomic E-state index is 0.00290. The number of carbonyl (C=O) groups is 1. The van der Waals surface area contributed by atoms with Crippen molar-refractivity contribution in [3.05, 3.63) is 63.1 Å². The van der Waals surface area contributed by atoms with E-state index in [4.69, 9.17) is 4.74 Å². The third-order valence-electron chi connectivity index (χ3n) is 6.93. The van der Waals surface area contributed by atoms with Crippen molar-refractivity contribution >= 4 is 30.1 Å². The number of alkyl halides is 1. The molecule has 0 aliphatic carbocycles. The van der Waals surface area contributed by atoms with E-state index in [2.05, 4.69) is 34.4 Å². The number of pyridine rings is 1. The van der Waals surface area contributed by atoms with Gasteiger partial charge in [-0.15, -0.1) is 0 Å². The Kier molecular flexibility index (Phi) is 8.27. The smallest absolute Gasteiger partial charge is 0.255 e. The van der Waals surface area contributed by atoms with Crippen molar-refractivity contribution < 1.29 is 13.9 Å². The van der Waals surface area contributed by atoms with Crippen molar-refractivity contribution in [1.82, 2.24) is 15.2 Å². The molecule has 1 aromatic carbocycles. The van der Waals surface area contributed by atoms with Gasteiger partial charge in [0, 0.05) is 44.1 Å². The summed E-state index contributed by atoms with van der Waals surface area (Å²) in [4.78, 5) is 26.6. The molecule has 190 valence electrons. The molecule has 2 aromatic rings. The molecule has 4 rings (SSSR count). The van der Waals surface area contributed by atoms with E-state index in [1.807, 2.05) is 19.9 Å². The Morgan fingerprint density at radius 3 is 2.69 bits per heavy atom. The molecule has 2 fully saturated rings. The minimum Gasteiger partial charge on any atom is -0.381 e. The number of aromatic nitrogens is 1. The first-order valence-electron chi connectivity index (χ1n) is 12.1. The summed E-state index contributed by atoms with van der Waals surface area (Å²) in [6, 6.07) is 6.78. The summed E-state index contributed by atoms with van der Waals surface area (Å²) in [7, 11) is 4.39. The number of hydrogen-bond acceptors (Lipinski definition) is 5. The first kappa shape index (κ1) is 26.2. The van der Waals surface area contributed by atoms with Crippen molar-refractivity contribution in [2.75, 3.05) is 31.6 Å². The van der Waals surface area contributed by atoms with E-state index in [1.54, 1.807) is 29.0 Å². The first-order valence-corrected chi connectivity index (χ1v) is 13.3. The Labute approximate surface area is 210 Å². The van der Waals surface area contributed by atoms with Crippen LogP contribution < -0.4 is 21.5 Å². The SMILES string of the molecule is Cc1c([C@@H](C)NC(=O)c2cn(C3CCOCC3)c(=O)cc2NC2CCNC2)cccc1C(F)(P)P. The normalized spacial score (nSPS) is 20.0. The molecular weight excluding hydrogens is 485 g/mol. The third-order valence-corrected chi connectivity index (χ3v) is 7.55. The van der Waals surface area contributed by atoms with Gasteiger partial charge in [0.2, 0.25) is 0 Å². The van der Waals surface area contributed by atoms with Crippen LogP contribution in [0, 0.1) is 6.92 Å². The van der Waals surface area contributed by atoms with Crippen molar-refractivity contribution in [3.63, 3.8) is 0 Å². The van der Waals surface area contributed by atoms with Crippen molar-refractivity contribution in [3.8, 4) is 0 Å². The highest BCUT2D eigenvalue weighted by atomic mass is 31.1. The monoisotopic (exact) mass is 520 g/mol. The molecule has 0 saturated carbocycles. The number of halogens is 1. The number of amides is 1. The van der Waals surface area contributed by atoms with E-state index in [0.717, 1.165) is 43.5 Å². The number of nitrogens with one attached hydrogen (secondary N) is 3. The lowest BCUT2D eigenvalue weighted by Crippen LogP contribution is -2.34. The average Bonchev–Trinajstić information content (AvgIpc) is 3.32. The predicted octanol–water partition coefficient (Wildman–Crippen LogP) is 3.60. The Bertz CT molecular complexity index is 1120. The average molecular weight is 521 g/mol. The zero-order valence-electron chi connectivity index (χ0n) is 20.3. The van der Waals surface area contributed by atoms with Gasteiger partial charge in [0.05, 0.1) is 17.3 Å². The van der Waals surface area contributed by atoms with E-state index in [0.29, 0.717) is 30.0 Å². The molecule has 0 spiro atoms. The second-order valence-electron chi connectivity index (χ2n) is 9.51. The molecule has 2 aliphatic rings. The topological polar surface area (TPSA) is 84.4 Å². The van der Waals surface area contributed by atoms with Gasteiger partial charge in [-0.3, -0.25) is 9.59 Å². The fraction of sp³-hybridized carbons (Fsp3) is 0.520. The van der Waals surface area contributed by atoms with Crippen LogP contribution in [0.5, 0.6) is 0 Å². The molecule has 3 heterocycles. The van der Waals surface area contributed by atoms with Crippen LogP contribution in [0.1, 0.15) is 65.3 Å². The number of nitrogens with zero attached hydrogens (tertiary/aromatic N) is 1. The molecule has 2 saturated heterocycles. The lowest BCUT2D eigenvalue weighted by atomic mass is 9.97. The summed E-state index contributed by atoms with van der Waals surface area (Å²) in [6.07, 6.45) is 4.07. The van der Waals surface area contributed by atoms with Crippen LogP contribution in [0.25, 0.3) is 0 Å². The zero-order chi connectivity index (χ0) is 25.2. The van der Waals surface area contributed by atoms with Crippen LogP contribution >= 0.6 is 18.5 Å². The van der Waals surface area contributed by atoms with Gasteiger partial charge in [-0.25, -0.2) is 4.39 Å². The predicted molar refractivity (Wildman–Crippen MR) is 144 cm³/mol. The zero-order valence-corrected chi connectivity index (χ0v) is 22.6. The second-order valence-corrected chi connectivity index (χ2v) is 11.9. The van der Waals surface area contributed by atoms with Gasteiger partial charge < -0.3 is 25.3 Å². The summed E-state index contributed by atoms with van der Waals surface area (Å²) in [5, 5.41) is 8.13. The summed E-state index contributed by atoms with van der Waals surface area (Å²) < 4.78 is 21.8. The number of rotatable bonds is 7. The van der Waals surface area contributed by atoms with Gasteiger partial charge in [0.1, 0.15) is 0 Å². The molecule has 35 heavy (non-hydrogen) atoms. The maximum atomic E-state index is 14.6. The number of carbonyl (C=O) groups excluding carboxylic acids is 1. The van der Waals surface area contributed by atoms with E-state index in [9.17, 15) is 14.0 Å². The quantitative estimate of drug-likeness (QED) is 0.486. The standard InChI is InChI=1S/C25H35FN4O3P2/c1-15-19(4-3-5-21(15)25(26,34)35)16(2)28-24(32)20-14-30(18-7-10-33-11-8-18)23(31)12-22(20)29-17-6-9-27-13-17/h3-5,12,14,16-18,27,29H,6-11,13,34-35H2,1-2H3,(H,28,32)/t16-,17?/m1/s1. The van der Waals surface area contributed by atoms with Crippen LogP contribution in [0.4, 0.5) is 10.1 Å². The van der Waals surface area contributed by atoms with Crippen LogP contribution in [0.15, 0.2) is 35.3 Å². The maximum absolute atomic E-state index is 14.6. The Hall–Kier alpha value is -1.85. The lowest BCUT2D eigenvalue weighted by Gasteiger charge is -2.26. The Morgan fingerprint density at radius 1 is 1.29 bits per heavy atom. The number of ether oxygens (including phenoxy) is 1. The molecule has 3 N–H and O–H groups in total. The van der Waals surface area contributed by atoms with Crippen LogP contribution in [-0.2, 0) is 9.89 Å². The maximum Gasteiger partial charge on any atom is 0.255 e. The Morgan fingerprint density at radius 2 is 2.03 bits per heavy atom. The molecule has 0 bridgehead atoms. The highest BCUT2D eigenvalue weighted by Crippen LogP contribution is 2.42. The van der Waals surface area contributed by atoms with Crippen molar-refractivity contribution in [1.29, 1.82) is 0 Å². The van der Waals surface area contributed by atoms with Gasteiger partial charge in [0.25, 0.3) is 11.5 Å². The van der Waals surface area contributed by atoms with Gasteiger partial charge in [-0.2, -0.15) is 0 Å². The molecule has 1 aromatic heterocycles. The molecule has 1 amide bonds. The summed E-state index contributed by atoms with van der Waals surface area (Å²) in [5.74, 6) is -0.278. The first-order chi connectivity index (χ1) is 16.6.